The Labute approximate surface area is 239 Å². The topological polar surface area (TPSA) is 131 Å². The van der Waals surface area contributed by atoms with Crippen LogP contribution in [0, 0.1) is 5.21 Å². The van der Waals surface area contributed by atoms with E-state index in [9.17, 15) is 23.2 Å². The molecule has 1 aromatic carbocycles. The van der Waals surface area contributed by atoms with E-state index < -0.39 is 22.0 Å². The minimum atomic E-state index is -3.90. The summed E-state index contributed by atoms with van der Waals surface area (Å²) < 4.78 is 30.1. The van der Waals surface area contributed by atoms with Crippen LogP contribution in [0.3, 0.4) is 0 Å². The Hall–Kier alpha value is -3.65. The van der Waals surface area contributed by atoms with E-state index >= 15 is 0 Å². The number of benzene rings is 1. The summed E-state index contributed by atoms with van der Waals surface area (Å²) in [6, 6.07) is 11.0. The van der Waals surface area contributed by atoms with Gasteiger partial charge in [0.15, 0.2) is 6.20 Å². The van der Waals surface area contributed by atoms with Crippen LogP contribution in [0.5, 0.6) is 0 Å². The number of thiophene rings is 1. The summed E-state index contributed by atoms with van der Waals surface area (Å²) in [5, 5.41) is 13.3. The highest BCUT2D eigenvalue weighted by Gasteiger charge is 2.39. The van der Waals surface area contributed by atoms with Gasteiger partial charge in [-0.1, -0.05) is 17.7 Å². The first-order valence-electron chi connectivity index (χ1n) is 12.3. The third-order valence-corrected chi connectivity index (χ3v) is 10.3. The molecule has 14 heteroatoms. The lowest BCUT2D eigenvalue weighted by Crippen LogP contribution is -2.57. The van der Waals surface area contributed by atoms with Crippen molar-refractivity contribution in [3.63, 3.8) is 0 Å². The number of halogens is 1. The summed E-state index contributed by atoms with van der Waals surface area (Å²) in [7, 11) is -0.699. The molecule has 0 N–H and O–H groups in total. The molecule has 0 radical (unpaired) electrons. The summed E-state index contributed by atoms with van der Waals surface area (Å²) in [5.41, 5.74) is 0.769. The Kier molecular flexibility index (Phi) is 7.73. The maximum Gasteiger partial charge on any atom is 0.292 e. The molecule has 1 aliphatic rings. The third kappa shape index (κ3) is 5.50. The second-order valence-corrected chi connectivity index (χ2v) is 13.1. The van der Waals surface area contributed by atoms with Crippen molar-refractivity contribution in [1.82, 2.24) is 24.1 Å². The number of rotatable bonds is 6. The Balaban J connectivity index is 1.40. The number of carbonyl (C=O) groups excluding carboxylic acids is 2. The smallest absolute Gasteiger partial charge is 0.292 e. The Morgan fingerprint density at radius 2 is 1.90 bits per heavy atom. The standard InChI is InChI=1S/C26H25ClN6O5S2/c1-30(2)23(34)13-20-16-31(40(37,38)24-11-17-6-7-19(27)12-22(17)39-24)9-10-32(20)26(35)25-28-14-18(15-29-25)21-5-3-4-8-33(21)36/h3-8,11-12,14-15,20H,9-10,13,16H2,1-2H3. The number of pyridine rings is 1. The molecule has 1 aliphatic heterocycles. The summed E-state index contributed by atoms with van der Waals surface area (Å²) in [5.74, 6) is -0.893. The van der Waals surface area contributed by atoms with E-state index in [0.29, 0.717) is 21.0 Å². The fourth-order valence-electron chi connectivity index (χ4n) is 4.46. The van der Waals surface area contributed by atoms with Gasteiger partial charge in [0.25, 0.3) is 15.9 Å². The number of aromatic nitrogens is 3. The molecular weight excluding hydrogens is 576 g/mol. The van der Waals surface area contributed by atoms with Gasteiger partial charge in [-0.15, -0.1) is 11.3 Å². The lowest BCUT2D eigenvalue weighted by Gasteiger charge is -2.40. The van der Waals surface area contributed by atoms with E-state index in [4.69, 9.17) is 11.6 Å². The zero-order valence-electron chi connectivity index (χ0n) is 21.6. The van der Waals surface area contributed by atoms with Crippen LogP contribution in [0.25, 0.3) is 21.3 Å². The molecule has 2 amide bonds. The monoisotopic (exact) mass is 600 g/mol. The number of piperazine rings is 1. The van der Waals surface area contributed by atoms with E-state index in [2.05, 4.69) is 9.97 Å². The zero-order valence-corrected chi connectivity index (χ0v) is 24.0. The number of hydrogen-bond acceptors (Lipinski definition) is 8. The Morgan fingerprint density at radius 1 is 1.15 bits per heavy atom. The molecule has 40 heavy (non-hydrogen) atoms. The van der Waals surface area contributed by atoms with Crippen molar-refractivity contribution < 1.29 is 22.7 Å². The number of nitrogens with zero attached hydrogens (tertiary/aromatic N) is 6. The van der Waals surface area contributed by atoms with E-state index in [0.717, 1.165) is 21.4 Å². The summed E-state index contributed by atoms with van der Waals surface area (Å²) in [6.45, 7) is 0.0134. The van der Waals surface area contributed by atoms with Gasteiger partial charge >= 0.3 is 0 Å². The first-order chi connectivity index (χ1) is 19.0. The van der Waals surface area contributed by atoms with Gasteiger partial charge in [0.1, 0.15) is 4.21 Å². The predicted octanol–water partition coefficient (Wildman–Crippen LogP) is 2.64. The molecule has 0 saturated carbocycles. The Bertz CT molecular complexity index is 1690. The number of sulfonamides is 1. The second kappa shape index (κ2) is 11.1. The van der Waals surface area contributed by atoms with E-state index in [1.54, 1.807) is 56.6 Å². The van der Waals surface area contributed by atoms with Gasteiger partial charge in [0, 0.05) is 74.4 Å². The van der Waals surface area contributed by atoms with Crippen molar-refractivity contribution >= 4 is 54.9 Å². The van der Waals surface area contributed by atoms with Crippen LogP contribution in [-0.2, 0) is 14.8 Å². The molecule has 208 valence electrons. The molecule has 0 aliphatic carbocycles. The van der Waals surface area contributed by atoms with Gasteiger partial charge in [-0.2, -0.15) is 9.04 Å². The number of hydrogen-bond donors (Lipinski definition) is 0. The third-order valence-electron chi connectivity index (χ3n) is 6.63. The van der Waals surface area contributed by atoms with Crippen molar-refractivity contribution in [3.8, 4) is 11.3 Å². The average molecular weight is 601 g/mol. The van der Waals surface area contributed by atoms with Crippen LogP contribution >= 0.6 is 22.9 Å². The first kappa shape index (κ1) is 27.9. The maximum atomic E-state index is 13.6. The number of carbonyl (C=O) groups is 2. The van der Waals surface area contributed by atoms with Crippen LogP contribution < -0.4 is 4.73 Å². The van der Waals surface area contributed by atoms with Crippen LogP contribution in [0.15, 0.2) is 65.3 Å². The Morgan fingerprint density at radius 3 is 2.60 bits per heavy atom. The van der Waals surface area contributed by atoms with Crippen LogP contribution in [0.2, 0.25) is 5.02 Å². The van der Waals surface area contributed by atoms with Crippen LogP contribution in [0.4, 0.5) is 0 Å². The van der Waals surface area contributed by atoms with Crippen molar-refractivity contribution in [2.24, 2.45) is 0 Å². The summed E-state index contributed by atoms with van der Waals surface area (Å²) in [4.78, 5) is 37.4. The fourth-order valence-corrected chi connectivity index (χ4v) is 7.75. The molecular formula is C26H25ClN6O5S2. The van der Waals surface area contributed by atoms with Gasteiger partial charge in [-0.25, -0.2) is 18.4 Å². The van der Waals surface area contributed by atoms with Gasteiger partial charge in [-0.05, 0) is 29.7 Å². The van der Waals surface area contributed by atoms with Crippen molar-refractivity contribution in [1.29, 1.82) is 0 Å². The molecule has 1 unspecified atom stereocenters. The summed E-state index contributed by atoms with van der Waals surface area (Å²) in [6.07, 6.45) is 4.05. The minimum absolute atomic E-state index is 0.0357. The van der Waals surface area contributed by atoms with Gasteiger partial charge in [-0.3, -0.25) is 9.59 Å². The fraction of sp³-hybridized carbons (Fsp3) is 0.269. The van der Waals surface area contributed by atoms with Crippen molar-refractivity contribution in [2.45, 2.75) is 16.7 Å². The highest BCUT2D eigenvalue weighted by Crippen LogP contribution is 2.33. The molecule has 11 nitrogen and oxygen atoms in total. The molecule has 5 rings (SSSR count). The van der Waals surface area contributed by atoms with Gasteiger partial charge < -0.3 is 15.0 Å². The molecule has 3 aromatic heterocycles. The van der Waals surface area contributed by atoms with Gasteiger partial charge in [0.05, 0.1) is 11.6 Å². The highest BCUT2D eigenvalue weighted by molar-refractivity contribution is 7.91. The normalized spacial score (nSPS) is 16.3. The number of fused-ring (bicyclic) bond motifs is 1. The van der Waals surface area contributed by atoms with E-state index in [1.807, 2.05) is 0 Å². The average Bonchev–Trinajstić information content (AvgIpc) is 3.37. The van der Waals surface area contributed by atoms with Crippen LogP contribution in [-0.4, -0.2) is 84.1 Å². The molecule has 0 spiro atoms. The quantitative estimate of drug-likeness (QED) is 0.246. The molecule has 1 fully saturated rings. The summed E-state index contributed by atoms with van der Waals surface area (Å²) >= 11 is 7.20. The van der Waals surface area contributed by atoms with E-state index in [1.165, 1.54) is 32.7 Å². The lowest BCUT2D eigenvalue weighted by molar-refractivity contribution is -0.593. The van der Waals surface area contributed by atoms with Crippen molar-refractivity contribution in [2.75, 3.05) is 33.7 Å². The number of amides is 2. The lowest BCUT2D eigenvalue weighted by atomic mass is 10.1. The zero-order chi connectivity index (χ0) is 28.6. The SMILES string of the molecule is CN(C)C(=O)CC1CN(S(=O)(=O)c2cc3ccc(Cl)cc3s2)CCN1C(=O)c1ncc(-c2cccc[n+]2[O-])cn1. The highest BCUT2D eigenvalue weighted by atomic mass is 35.5. The van der Waals surface area contributed by atoms with Gasteiger partial charge in [0.2, 0.25) is 17.4 Å². The van der Waals surface area contributed by atoms with E-state index in [-0.39, 0.29) is 42.0 Å². The molecule has 0 bridgehead atoms. The van der Waals surface area contributed by atoms with Crippen molar-refractivity contribution in [3.05, 3.63) is 77.1 Å². The molecule has 4 heterocycles. The molecule has 1 saturated heterocycles. The molecule has 1 atom stereocenters. The predicted molar refractivity (Wildman–Crippen MR) is 150 cm³/mol. The largest absolute Gasteiger partial charge is 0.618 e. The second-order valence-electron chi connectivity index (χ2n) is 9.46. The van der Waals surface area contributed by atoms with Crippen LogP contribution in [0.1, 0.15) is 17.0 Å². The minimum Gasteiger partial charge on any atom is -0.618 e. The first-order valence-corrected chi connectivity index (χ1v) is 14.9. The molecule has 4 aromatic rings. The maximum absolute atomic E-state index is 13.6.